The lowest BCUT2D eigenvalue weighted by Crippen LogP contribution is -2.45. The summed E-state index contributed by atoms with van der Waals surface area (Å²) in [6.45, 7) is 4.56. The molecule has 9 heteroatoms. The largest absolute Gasteiger partial charge is 0.501 e. The van der Waals surface area contributed by atoms with Crippen LogP contribution in [0.3, 0.4) is 0 Å². The highest BCUT2D eigenvalue weighted by molar-refractivity contribution is 5.94. The van der Waals surface area contributed by atoms with Crippen LogP contribution in [0.15, 0.2) is 23.0 Å². The van der Waals surface area contributed by atoms with Gasteiger partial charge in [0.1, 0.15) is 5.82 Å². The molecule has 2 heterocycles. The number of piperazine rings is 1. The predicted molar refractivity (Wildman–Crippen MR) is 98.5 cm³/mol. The van der Waals surface area contributed by atoms with E-state index in [1.807, 2.05) is 4.90 Å². The third-order valence-corrected chi connectivity index (χ3v) is 4.49. The number of H-pyrrole nitrogens is 1. The summed E-state index contributed by atoms with van der Waals surface area (Å²) >= 11 is 0. The van der Waals surface area contributed by atoms with E-state index >= 15 is 0 Å². The van der Waals surface area contributed by atoms with Crippen molar-refractivity contribution >= 4 is 11.9 Å². The van der Waals surface area contributed by atoms with Gasteiger partial charge in [0.15, 0.2) is 5.69 Å². The minimum atomic E-state index is -0.757. The number of anilines is 1. The van der Waals surface area contributed by atoms with E-state index in [9.17, 15) is 19.1 Å². The van der Waals surface area contributed by atoms with Gasteiger partial charge in [-0.25, -0.2) is 9.37 Å². The normalized spacial score (nSPS) is 14.3. The van der Waals surface area contributed by atoms with Gasteiger partial charge in [-0.15, -0.1) is 0 Å². The molecule has 0 spiro atoms. The van der Waals surface area contributed by atoms with Gasteiger partial charge in [0.2, 0.25) is 11.7 Å². The van der Waals surface area contributed by atoms with Gasteiger partial charge in [-0.1, -0.05) is 12.1 Å². The smallest absolute Gasteiger partial charge is 0.295 e. The molecule has 1 fully saturated rings. The molecular formula is C18H22FN5O3. The van der Waals surface area contributed by atoms with Crippen molar-refractivity contribution in [3.8, 4) is 5.75 Å². The van der Waals surface area contributed by atoms with Crippen LogP contribution in [0.5, 0.6) is 5.75 Å². The minimum Gasteiger partial charge on any atom is -0.501 e. The van der Waals surface area contributed by atoms with E-state index in [1.165, 1.54) is 18.0 Å². The first-order valence-corrected chi connectivity index (χ1v) is 8.66. The van der Waals surface area contributed by atoms with Gasteiger partial charge in [-0.05, 0) is 24.1 Å². The Morgan fingerprint density at radius 3 is 2.74 bits per heavy atom. The third-order valence-electron chi connectivity index (χ3n) is 4.49. The number of aromatic nitrogens is 2. The SMILES string of the molecule is Cc1cc(CN(C)C(=O)c2nc(N3CCNCC3)[nH]c(=O)c2O)ccc1F. The first-order chi connectivity index (χ1) is 12.9. The monoisotopic (exact) mass is 375 g/mol. The number of aromatic hydroxyl groups is 1. The Kier molecular flexibility index (Phi) is 5.41. The number of hydrogen-bond acceptors (Lipinski definition) is 6. The van der Waals surface area contributed by atoms with Crippen molar-refractivity contribution in [2.24, 2.45) is 0 Å². The van der Waals surface area contributed by atoms with E-state index in [0.717, 1.165) is 18.7 Å². The number of rotatable bonds is 4. The van der Waals surface area contributed by atoms with Crippen LogP contribution in [-0.4, -0.2) is 59.1 Å². The number of carbonyl (C=O) groups excluding carboxylic acids is 1. The van der Waals surface area contributed by atoms with Crippen LogP contribution in [0.4, 0.5) is 10.3 Å². The maximum atomic E-state index is 13.4. The molecule has 0 aliphatic carbocycles. The van der Waals surface area contributed by atoms with Gasteiger partial charge in [0.25, 0.3) is 11.5 Å². The number of halogens is 1. The summed E-state index contributed by atoms with van der Waals surface area (Å²) in [5, 5.41) is 13.2. The van der Waals surface area contributed by atoms with Crippen molar-refractivity contribution in [3.05, 3.63) is 51.2 Å². The van der Waals surface area contributed by atoms with Gasteiger partial charge >= 0.3 is 0 Å². The Morgan fingerprint density at radius 1 is 1.37 bits per heavy atom. The molecule has 3 N–H and O–H groups in total. The zero-order valence-electron chi connectivity index (χ0n) is 15.3. The van der Waals surface area contributed by atoms with Gasteiger partial charge in [-0.2, -0.15) is 0 Å². The number of carbonyl (C=O) groups is 1. The van der Waals surface area contributed by atoms with Crippen molar-refractivity contribution < 1.29 is 14.3 Å². The summed E-state index contributed by atoms with van der Waals surface area (Å²) < 4.78 is 13.4. The van der Waals surface area contributed by atoms with Crippen LogP contribution in [0.25, 0.3) is 0 Å². The lowest BCUT2D eigenvalue weighted by atomic mass is 10.1. The maximum absolute atomic E-state index is 13.4. The second kappa shape index (κ2) is 7.75. The molecule has 1 aliphatic rings. The average Bonchev–Trinajstić information content (AvgIpc) is 2.67. The van der Waals surface area contributed by atoms with Crippen LogP contribution in [0.1, 0.15) is 21.6 Å². The zero-order chi connectivity index (χ0) is 19.6. The summed E-state index contributed by atoms with van der Waals surface area (Å²) in [6, 6.07) is 4.58. The van der Waals surface area contributed by atoms with Crippen LogP contribution in [0.2, 0.25) is 0 Å². The van der Waals surface area contributed by atoms with Gasteiger partial charge in [0, 0.05) is 39.8 Å². The van der Waals surface area contributed by atoms with Gasteiger partial charge in [-0.3, -0.25) is 14.6 Å². The van der Waals surface area contributed by atoms with Gasteiger partial charge in [0.05, 0.1) is 0 Å². The fraction of sp³-hybridized carbons (Fsp3) is 0.389. The number of nitrogens with one attached hydrogen (secondary N) is 2. The molecule has 1 saturated heterocycles. The summed E-state index contributed by atoms with van der Waals surface area (Å²) in [7, 11) is 1.54. The van der Waals surface area contributed by atoms with Crippen molar-refractivity contribution in [2.75, 3.05) is 38.1 Å². The molecule has 0 saturated carbocycles. The zero-order valence-corrected chi connectivity index (χ0v) is 15.3. The first kappa shape index (κ1) is 18.8. The van der Waals surface area contributed by atoms with Crippen molar-refractivity contribution in [1.82, 2.24) is 20.2 Å². The number of aromatic amines is 1. The molecule has 144 valence electrons. The molecule has 1 aromatic carbocycles. The van der Waals surface area contributed by atoms with Crippen molar-refractivity contribution in [3.63, 3.8) is 0 Å². The first-order valence-electron chi connectivity index (χ1n) is 8.66. The van der Waals surface area contributed by atoms with Crippen LogP contribution in [-0.2, 0) is 6.54 Å². The van der Waals surface area contributed by atoms with E-state index < -0.39 is 17.2 Å². The van der Waals surface area contributed by atoms with E-state index in [4.69, 9.17) is 0 Å². The second-order valence-electron chi connectivity index (χ2n) is 6.57. The standard InChI is InChI=1S/C18H22FN5O3/c1-11-9-12(3-4-13(11)19)10-23(2)17(27)14-15(25)16(26)22-18(21-14)24-7-5-20-6-8-24/h3-4,9,20,25H,5-8,10H2,1-2H3,(H,21,22,26). The molecule has 0 radical (unpaired) electrons. The highest BCUT2D eigenvalue weighted by Crippen LogP contribution is 2.17. The predicted octanol–water partition coefficient (Wildman–Crippen LogP) is 0.605. The Hall–Kier alpha value is -2.94. The quantitative estimate of drug-likeness (QED) is 0.724. The minimum absolute atomic E-state index is 0.191. The molecule has 2 aromatic rings. The fourth-order valence-electron chi connectivity index (χ4n) is 2.96. The fourth-order valence-corrected chi connectivity index (χ4v) is 2.96. The molecule has 8 nitrogen and oxygen atoms in total. The highest BCUT2D eigenvalue weighted by atomic mass is 19.1. The molecule has 27 heavy (non-hydrogen) atoms. The van der Waals surface area contributed by atoms with Crippen LogP contribution < -0.4 is 15.8 Å². The topological polar surface area (TPSA) is 102 Å². The van der Waals surface area contributed by atoms with Crippen molar-refractivity contribution in [2.45, 2.75) is 13.5 Å². The maximum Gasteiger partial charge on any atom is 0.295 e. The number of aryl methyl sites for hydroxylation is 1. The number of hydrogen-bond donors (Lipinski definition) is 3. The number of amides is 1. The average molecular weight is 375 g/mol. The molecular weight excluding hydrogens is 353 g/mol. The van der Waals surface area contributed by atoms with E-state index in [2.05, 4.69) is 15.3 Å². The second-order valence-corrected chi connectivity index (χ2v) is 6.57. The number of benzene rings is 1. The molecule has 3 rings (SSSR count). The van der Waals surface area contributed by atoms with Gasteiger partial charge < -0.3 is 20.2 Å². The Bertz CT molecular complexity index is 908. The highest BCUT2D eigenvalue weighted by Gasteiger charge is 2.24. The Labute approximate surface area is 155 Å². The molecule has 0 atom stereocenters. The van der Waals surface area contributed by atoms with Crippen LogP contribution in [0, 0.1) is 12.7 Å². The third kappa shape index (κ3) is 4.08. The van der Waals surface area contributed by atoms with Crippen LogP contribution >= 0.6 is 0 Å². The summed E-state index contributed by atoms with van der Waals surface area (Å²) in [4.78, 5) is 34.7. The van der Waals surface area contributed by atoms with E-state index in [-0.39, 0.29) is 24.0 Å². The van der Waals surface area contributed by atoms with E-state index in [0.29, 0.717) is 18.7 Å². The van der Waals surface area contributed by atoms with Crippen molar-refractivity contribution in [1.29, 1.82) is 0 Å². The molecule has 1 amide bonds. The lowest BCUT2D eigenvalue weighted by Gasteiger charge is -2.28. The molecule has 1 aliphatic heterocycles. The summed E-state index contributed by atoms with van der Waals surface area (Å²) in [6.07, 6.45) is 0. The lowest BCUT2D eigenvalue weighted by molar-refractivity contribution is 0.0775. The Balaban J connectivity index is 1.85. The van der Waals surface area contributed by atoms with E-state index in [1.54, 1.807) is 19.1 Å². The summed E-state index contributed by atoms with van der Waals surface area (Å²) in [5.74, 6) is -1.35. The molecule has 0 unspecified atom stereocenters. The number of nitrogens with zero attached hydrogens (tertiary/aromatic N) is 3. The molecule has 1 aromatic heterocycles. The Morgan fingerprint density at radius 2 is 2.07 bits per heavy atom. The summed E-state index contributed by atoms with van der Waals surface area (Å²) in [5.41, 5.74) is 0.157. The molecule has 0 bridgehead atoms.